The molecular weight excluding hydrogens is 326 g/mol. The molecule has 130 valence electrons. The Labute approximate surface area is 144 Å². The van der Waals surface area contributed by atoms with Crippen LogP contribution in [0.1, 0.15) is 30.5 Å². The minimum atomic E-state index is -0.744. The van der Waals surface area contributed by atoms with Gasteiger partial charge in [-0.3, -0.25) is 4.79 Å². The molecule has 0 saturated heterocycles. The fourth-order valence-corrected chi connectivity index (χ4v) is 2.73. The molecule has 6 heteroatoms. The highest BCUT2D eigenvalue weighted by Gasteiger charge is 2.33. The molecule has 2 aromatic carbocycles. The first-order chi connectivity index (χ1) is 12.0. The van der Waals surface area contributed by atoms with Gasteiger partial charge in [0.15, 0.2) is 0 Å². The first-order valence-electron chi connectivity index (χ1n) is 7.96. The predicted octanol–water partition coefficient (Wildman–Crippen LogP) is 3.68. The Morgan fingerprint density at radius 3 is 2.60 bits per heavy atom. The van der Waals surface area contributed by atoms with Gasteiger partial charge < -0.3 is 9.74 Å². The molecule has 3 rings (SSSR count). The zero-order chi connectivity index (χ0) is 18.0. The van der Waals surface area contributed by atoms with Gasteiger partial charge in [0.1, 0.15) is 11.6 Å². The maximum absolute atomic E-state index is 13.3. The SMILES string of the molecule is CC(c1ccc(F)cc1)N(C)C(=O)C1CC(c2cccc(F)c2)=NO1. The predicted molar refractivity (Wildman–Crippen MR) is 90.0 cm³/mol. The summed E-state index contributed by atoms with van der Waals surface area (Å²) in [6, 6.07) is 11.8. The molecule has 1 aliphatic rings. The molecule has 4 nitrogen and oxygen atoms in total. The van der Waals surface area contributed by atoms with Crippen LogP contribution in [0.3, 0.4) is 0 Å². The molecule has 0 aromatic heterocycles. The fourth-order valence-electron chi connectivity index (χ4n) is 2.73. The van der Waals surface area contributed by atoms with E-state index >= 15 is 0 Å². The topological polar surface area (TPSA) is 41.9 Å². The van der Waals surface area contributed by atoms with Crippen LogP contribution in [0.5, 0.6) is 0 Å². The van der Waals surface area contributed by atoms with Gasteiger partial charge in [-0.25, -0.2) is 8.78 Å². The van der Waals surface area contributed by atoms with Crippen molar-refractivity contribution in [2.75, 3.05) is 7.05 Å². The van der Waals surface area contributed by atoms with Gasteiger partial charge in [-0.2, -0.15) is 0 Å². The van der Waals surface area contributed by atoms with E-state index in [0.717, 1.165) is 5.56 Å². The summed E-state index contributed by atoms with van der Waals surface area (Å²) in [5, 5.41) is 3.93. The van der Waals surface area contributed by atoms with Crippen LogP contribution in [0.15, 0.2) is 53.7 Å². The van der Waals surface area contributed by atoms with E-state index in [9.17, 15) is 13.6 Å². The van der Waals surface area contributed by atoms with E-state index in [2.05, 4.69) is 5.16 Å². The smallest absolute Gasteiger partial charge is 0.267 e. The highest BCUT2D eigenvalue weighted by atomic mass is 19.1. The van der Waals surface area contributed by atoms with Crippen LogP contribution >= 0.6 is 0 Å². The van der Waals surface area contributed by atoms with Gasteiger partial charge in [-0.15, -0.1) is 0 Å². The Hall–Kier alpha value is -2.76. The quantitative estimate of drug-likeness (QED) is 0.849. The number of hydrogen-bond acceptors (Lipinski definition) is 3. The molecule has 0 N–H and O–H groups in total. The van der Waals surface area contributed by atoms with Gasteiger partial charge in [-0.05, 0) is 36.8 Å². The van der Waals surface area contributed by atoms with Crippen LogP contribution in [-0.4, -0.2) is 29.7 Å². The summed E-state index contributed by atoms with van der Waals surface area (Å²) in [6.07, 6.45) is -0.464. The second kappa shape index (κ2) is 7.01. The van der Waals surface area contributed by atoms with Crippen LogP contribution < -0.4 is 0 Å². The molecule has 1 amide bonds. The van der Waals surface area contributed by atoms with Crippen LogP contribution in [-0.2, 0) is 9.63 Å². The molecule has 0 saturated carbocycles. The third-order valence-electron chi connectivity index (χ3n) is 4.38. The van der Waals surface area contributed by atoms with Crippen LogP contribution in [0.4, 0.5) is 8.78 Å². The third kappa shape index (κ3) is 3.68. The van der Waals surface area contributed by atoms with Crippen molar-refractivity contribution in [3.05, 3.63) is 71.3 Å². The highest BCUT2D eigenvalue weighted by Crippen LogP contribution is 2.24. The van der Waals surface area contributed by atoms with Gasteiger partial charge in [0.2, 0.25) is 6.10 Å². The van der Waals surface area contributed by atoms with Crippen LogP contribution in [0.25, 0.3) is 0 Å². The van der Waals surface area contributed by atoms with Gasteiger partial charge in [0.05, 0.1) is 11.8 Å². The Morgan fingerprint density at radius 1 is 1.20 bits per heavy atom. The number of amides is 1. The van der Waals surface area contributed by atoms with E-state index in [0.29, 0.717) is 11.3 Å². The monoisotopic (exact) mass is 344 g/mol. The van der Waals surface area contributed by atoms with Crippen molar-refractivity contribution in [1.82, 2.24) is 4.90 Å². The zero-order valence-corrected chi connectivity index (χ0v) is 13.9. The minimum absolute atomic E-state index is 0.230. The largest absolute Gasteiger partial charge is 0.382 e. The van der Waals surface area contributed by atoms with E-state index in [1.807, 2.05) is 6.92 Å². The first-order valence-corrected chi connectivity index (χ1v) is 7.96. The van der Waals surface area contributed by atoms with Crippen LogP contribution in [0, 0.1) is 11.6 Å². The first kappa shape index (κ1) is 17.1. The molecule has 1 aliphatic heterocycles. The Balaban J connectivity index is 1.67. The summed E-state index contributed by atoms with van der Waals surface area (Å²) in [6.45, 7) is 1.86. The molecule has 0 bridgehead atoms. The Morgan fingerprint density at radius 2 is 1.92 bits per heavy atom. The molecule has 0 fully saturated rings. The molecule has 0 radical (unpaired) electrons. The standard InChI is InChI=1S/C19H18F2N2O2/c1-12(13-6-8-15(20)9-7-13)23(2)19(24)18-11-17(22-25-18)14-4-3-5-16(21)10-14/h3-10,12,18H,11H2,1-2H3. The molecule has 2 aromatic rings. The maximum Gasteiger partial charge on any atom is 0.267 e. The van der Waals surface area contributed by atoms with Gasteiger partial charge in [0, 0.05) is 19.0 Å². The average Bonchev–Trinajstić information content (AvgIpc) is 3.10. The van der Waals surface area contributed by atoms with Crippen molar-refractivity contribution in [2.45, 2.75) is 25.5 Å². The Bertz CT molecular complexity index is 805. The van der Waals surface area contributed by atoms with Crippen molar-refractivity contribution >= 4 is 11.6 Å². The average molecular weight is 344 g/mol. The lowest BCUT2D eigenvalue weighted by atomic mass is 10.0. The number of likely N-dealkylation sites (N-methyl/N-ethyl adjacent to an activating group) is 1. The number of benzene rings is 2. The van der Waals surface area contributed by atoms with Crippen molar-refractivity contribution in [2.24, 2.45) is 5.16 Å². The number of carbonyl (C=O) groups excluding carboxylic acids is 1. The molecule has 25 heavy (non-hydrogen) atoms. The van der Waals surface area contributed by atoms with Crippen LogP contribution in [0.2, 0.25) is 0 Å². The number of carbonyl (C=O) groups is 1. The highest BCUT2D eigenvalue weighted by molar-refractivity contribution is 6.04. The number of rotatable bonds is 4. The van der Waals surface area contributed by atoms with E-state index in [-0.39, 0.29) is 30.0 Å². The van der Waals surface area contributed by atoms with E-state index in [4.69, 9.17) is 4.84 Å². The summed E-state index contributed by atoms with van der Waals surface area (Å²) in [5.74, 6) is -0.916. The minimum Gasteiger partial charge on any atom is -0.382 e. The zero-order valence-electron chi connectivity index (χ0n) is 13.9. The van der Waals surface area contributed by atoms with E-state index in [1.54, 1.807) is 36.2 Å². The van der Waals surface area contributed by atoms with E-state index in [1.165, 1.54) is 24.3 Å². The lowest BCUT2D eigenvalue weighted by molar-refractivity contribution is -0.142. The van der Waals surface area contributed by atoms with Crippen molar-refractivity contribution in [3.63, 3.8) is 0 Å². The number of hydrogen-bond donors (Lipinski definition) is 0. The van der Waals surface area contributed by atoms with E-state index < -0.39 is 6.10 Å². The summed E-state index contributed by atoms with van der Waals surface area (Å²) in [7, 11) is 1.67. The molecule has 1 heterocycles. The van der Waals surface area contributed by atoms with Crippen molar-refractivity contribution in [3.8, 4) is 0 Å². The van der Waals surface area contributed by atoms with Gasteiger partial charge >= 0.3 is 0 Å². The maximum atomic E-state index is 13.3. The molecule has 0 aliphatic carbocycles. The fraction of sp³-hybridized carbons (Fsp3) is 0.263. The second-order valence-corrected chi connectivity index (χ2v) is 6.02. The lowest BCUT2D eigenvalue weighted by Crippen LogP contribution is -2.38. The second-order valence-electron chi connectivity index (χ2n) is 6.02. The summed E-state index contributed by atoms with van der Waals surface area (Å²) in [5.41, 5.74) is 1.96. The number of oxime groups is 1. The normalized spacial score (nSPS) is 17.6. The molecule has 2 unspecified atom stereocenters. The molecule has 2 atom stereocenters. The summed E-state index contributed by atoms with van der Waals surface area (Å²) >= 11 is 0. The number of nitrogens with zero attached hydrogens (tertiary/aromatic N) is 2. The third-order valence-corrected chi connectivity index (χ3v) is 4.38. The summed E-state index contributed by atoms with van der Waals surface area (Å²) in [4.78, 5) is 19.5. The molecular formula is C19H18F2N2O2. The summed E-state index contributed by atoms with van der Waals surface area (Å²) < 4.78 is 26.4. The van der Waals surface area contributed by atoms with Gasteiger partial charge in [-0.1, -0.05) is 29.4 Å². The lowest BCUT2D eigenvalue weighted by Gasteiger charge is -2.27. The van der Waals surface area contributed by atoms with Gasteiger partial charge in [0.25, 0.3) is 5.91 Å². The Kier molecular flexibility index (Phi) is 4.79. The number of halogens is 2. The van der Waals surface area contributed by atoms with Crippen molar-refractivity contribution in [1.29, 1.82) is 0 Å². The van der Waals surface area contributed by atoms with Crippen molar-refractivity contribution < 1.29 is 18.4 Å². The molecule has 0 spiro atoms.